The fourth-order valence-corrected chi connectivity index (χ4v) is 2.64. The molecule has 1 amide bonds. The Balaban J connectivity index is 1.50. The first-order chi connectivity index (χ1) is 13.2. The molecule has 1 N–H and O–H groups in total. The lowest BCUT2D eigenvalue weighted by Crippen LogP contribution is -2.12. The number of aryl methyl sites for hydroxylation is 1. The number of rotatable bonds is 8. The van der Waals surface area contributed by atoms with E-state index in [1.165, 1.54) is 0 Å². The number of amides is 1. The second-order valence-corrected chi connectivity index (χ2v) is 6.06. The van der Waals surface area contributed by atoms with Crippen LogP contribution in [0.3, 0.4) is 0 Å². The van der Waals surface area contributed by atoms with Crippen molar-refractivity contribution in [3.8, 4) is 17.2 Å². The van der Waals surface area contributed by atoms with E-state index in [1.807, 2.05) is 85.8 Å². The second kappa shape index (κ2) is 9.43. The van der Waals surface area contributed by atoms with Crippen LogP contribution in [-0.2, 0) is 11.2 Å². The summed E-state index contributed by atoms with van der Waals surface area (Å²) in [6.07, 6.45) is 1.18. The highest BCUT2D eigenvalue weighted by Gasteiger charge is 2.04. The fourth-order valence-electron chi connectivity index (χ4n) is 2.64. The Hall–Kier alpha value is -3.27. The van der Waals surface area contributed by atoms with Gasteiger partial charge in [0.25, 0.3) is 0 Å². The van der Waals surface area contributed by atoms with E-state index in [9.17, 15) is 4.79 Å². The molecule has 0 unspecified atom stereocenters. The number of carbonyl (C=O) groups excluding carboxylic acids is 1. The number of hydrogen-bond acceptors (Lipinski definition) is 3. The summed E-state index contributed by atoms with van der Waals surface area (Å²) in [4.78, 5) is 12.1. The lowest BCUT2D eigenvalue weighted by molar-refractivity contribution is -0.116. The summed E-state index contributed by atoms with van der Waals surface area (Å²) >= 11 is 0. The Morgan fingerprint density at radius 1 is 0.815 bits per heavy atom. The minimum absolute atomic E-state index is 0.000894. The SMILES string of the molecule is CCOc1ccc(Oc2ccc(NC(=O)CCc3ccccc3)cc2)cc1. The molecule has 0 bridgehead atoms. The zero-order valence-electron chi connectivity index (χ0n) is 15.4. The summed E-state index contributed by atoms with van der Waals surface area (Å²) in [5.41, 5.74) is 1.92. The normalized spacial score (nSPS) is 10.3. The first-order valence-corrected chi connectivity index (χ1v) is 9.07. The third-order valence-electron chi connectivity index (χ3n) is 3.99. The predicted octanol–water partition coefficient (Wildman–Crippen LogP) is 5.45. The quantitative estimate of drug-likeness (QED) is 0.580. The molecule has 0 spiro atoms. The van der Waals surface area contributed by atoms with Crippen LogP contribution in [-0.4, -0.2) is 12.5 Å². The van der Waals surface area contributed by atoms with Crippen molar-refractivity contribution in [1.82, 2.24) is 0 Å². The summed E-state index contributed by atoms with van der Waals surface area (Å²) in [7, 11) is 0. The molecule has 0 saturated heterocycles. The maximum atomic E-state index is 12.1. The zero-order valence-corrected chi connectivity index (χ0v) is 15.4. The van der Waals surface area contributed by atoms with Gasteiger partial charge in [0, 0.05) is 12.1 Å². The van der Waals surface area contributed by atoms with Crippen molar-refractivity contribution >= 4 is 11.6 Å². The highest BCUT2D eigenvalue weighted by molar-refractivity contribution is 5.90. The molecule has 4 nitrogen and oxygen atoms in total. The van der Waals surface area contributed by atoms with E-state index in [0.717, 1.165) is 29.2 Å². The molecule has 0 atom stereocenters. The molecule has 0 aliphatic heterocycles. The van der Waals surface area contributed by atoms with Crippen LogP contribution in [0.2, 0.25) is 0 Å². The first kappa shape index (κ1) is 18.5. The van der Waals surface area contributed by atoms with Gasteiger partial charge in [0.05, 0.1) is 6.61 Å². The number of carbonyl (C=O) groups is 1. The lowest BCUT2D eigenvalue weighted by atomic mass is 10.1. The van der Waals surface area contributed by atoms with Gasteiger partial charge in [0.1, 0.15) is 17.2 Å². The third-order valence-corrected chi connectivity index (χ3v) is 3.99. The fraction of sp³-hybridized carbons (Fsp3) is 0.174. The van der Waals surface area contributed by atoms with E-state index in [0.29, 0.717) is 18.8 Å². The van der Waals surface area contributed by atoms with Gasteiger partial charge in [0.2, 0.25) is 5.91 Å². The molecule has 138 valence electrons. The molecule has 0 aliphatic carbocycles. The third kappa shape index (κ3) is 5.89. The molecule has 3 aromatic rings. The Morgan fingerprint density at radius 3 is 2.04 bits per heavy atom. The Morgan fingerprint density at radius 2 is 1.41 bits per heavy atom. The highest BCUT2D eigenvalue weighted by atomic mass is 16.5. The largest absolute Gasteiger partial charge is 0.494 e. The van der Waals surface area contributed by atoms with Crippen LogP contribution in [0.5, 0.6) is 17.2 Å². The molecule has 3 aromatic carbocycles. The molecule has 0 radical (unpaired) electrons. The Bertz CT molecular complexity index is 843. The molecule has 3 rings (SSSR count). The van der Waals surface area contributed by atoms with Crippen LogP contribution in [0.25, 0.3) is 0 Å². The molecule has 0 aromatic heterocycles. The van der Waals surface area contributed by atoms with Gasteiger partial charge in [-0.2, -0.15) is 0 Å². The van der Waals surface area contributed by atoms with Gasteiger partial charge in [0.15, 0.2) is 0 Å². The van der Waals surface area contributed by atoms with Gasteiger partial charge < -0.3 is 14.8 Å². The predicted molar refractivity (Wildman–Crippen MR) is 108 cm³/mol. The van der Waals surface area contributed by atoms with Crippen molar-refractivity contribution in [3.63, 3.8) is 0 Å². The van der Waals surface area contributed by atoms with Crippen molar-refractivity contribution < 1.29 is 14.3 Å². The molecular weight excluding hydrogens is 338 g/mol. The molecule has 0 aliphatic rings. The van der Waals surface area contributed by atoms with Crippen molar-refractivity contribution in [1.29, 1.82) is 0 Å². The van der Waals surface area contributed by atoms with E-state index in [2.05, 4.69) is 5.32 Å². The van der Waals surface area contributed by atoms with Gasteiger partial charge in [-0.25, -0.2) is 0 Å². The second-order valence-electron chi connectivity index (χ2n) is 6.06. The monoisotopic (exact) mass is 361 g/mol. The van der Waals surface area contributed by atoms with Crippen LogP contribution >= 0.6 is 0 Å². The van der Waals surface area contributed by atoms with Gasteiger partial charge >= 0.3 is 0 Å². The number of nitrogens with one attached hydrogen (secondary N) is 1. The Labute approximate surface area is 159 Å². The minimum atomic E-state index is -0.000894. The number of hydrogen-bond donors (Lipinski definition) is 1. The van der Waals surface area contributed by atoms with Gasteiger partial charge in [-0.05, 0) is 67.4 Å². The van der Waals surface area contributed by atoms with Crippen LogP contribution in [0.4, 0.5) is 5.69 Å². The van der Waals surface area contributed by atoms with Crippen molar-refractivity contribution in [2.45, 2.75) is 19.8 Å². The molecule has 0 saturated carbocycles. The standard InChI is InChI=1S/C23H23NO3/c1-2-26-20-13-15-22(16-14-20)27-21-11-9-19(10-12-21)24-23(25)17-8-18-6-4-3-5-7-18/h3-7,9-16H,2,8,17H2,1H3,(H,24,25). The smallest absolute Gasteiger partial charge is 0.224 e. The highest BCUT2D eigenvalue weighted by Crippen LogP contribution is 2.25. The molecule has 0 heterocycles. The summed E-state index contributed by atoms with van der Waals surface area (Å²) in [5.74, 6) is 2.26. The summed E-state index contributed by atoms with van der Waals surface area (Å²) in [5, 5.41) is 2.91. The summed E-state index contributed by atoms with van der Waals surface area (Å²) in [6.45, 7) is 2.59. The van der Waals surface area contributed by atoms with Crippen LogP contribution in [0.1, 0.15) is 18.9 Å². The molecule has 27 heavy (non-hydrogen) atoms. The van der Waals surface area contributed by atoms with Crippen LogP contribution in [0.15, 0.2) is 78.9 Å². The maximum Gasteiger partial charge on any atom is 0.224 e. The van der Waals surface area contributed by atoms with E-state index < -0.39 is 0 Å². The lowest BCUT2D eigenvalue weighted by Gasteiger charge is -2.09. The van der Waals surface area contributed by atoms with Gasteiger partial charge in [-0.3, -0.25) is 4.79 Å². The van der Waals surface area contributed by atoms with Crippen molar-refractivity contribution in [3.05, 3.63) is 84.4 Å². The average Bonchev–Trinajstić information content (AvgIpc) is 2.70. The first-order valence-electron chi connectivity index (χ1n) is 9.07. The maximum absolute atomic E-state index is 12.1. The van der Waals surface area contributed by atoms with Gasteiger partial charge in [-0.1, -0.05) is 30.3 Å². The van der Waals surface area contributed by atoms with E-state index in [1.54, 1.807) is 0 Å². The van der Waals surface area contributed by atoms with E-state index >= 15 is 0 Å². The number of ether oxygens (including phenoxy) is 2. The molecular formula is C23H23NO3. The molecule has 4 heteroatoms. The molecule has 0 fully saturated rings. The van der Waals surface area contributed by atoms with E-state index in [-0.39, 0.29) is 5.91 Å². The number of benzene rings is 3. The van der Waals surface area contributed by atoms with Crippen molar-refractivity contribution in [2.24, 2.45) is 0 Å². The average molecular weight is 361 g/mol. The van der Waals surface area contributed by atoms with E-state index in [4.69, 9.17) is 9.47 Å². The topological polar surface area (TPSA) is 47.6 Å². The van der Waals surface area contributed by atoms with Crippen molar-refractivity contribution in [2.75, 3.05) is 11.9 Å². The van der Waals surface area contributed by atoms with Crippen LogP contribution < -0.4 is 14.8 Å². The zero-order chi connectivity index (χ0) is 18.9. The van der Waals surface area contributed by atoms with Crippen LogP contribution in [0, 0.1) is 0 Å². The van der Waals surface area contributed by atoms with Gasteiger partial charge in [-0.15, -0.1) is 0 Å². The minimum Gasteiger partial charge on any atom is -0.494 e. The Kier molecular flexibility index (Phi) is 6.47. The number of anilines is 1. The summed E-state index contributed by atoms with van der Waals surface area (Å²) < 4.78 is 11.2. The summed E-state index contributed by atoms with van der Waals surface area (Å²) in [6, 6.07) is 24.8.